The van der Waals surface area contributed by atoms with Gasteiger partial charge in [0.15, 0.2) is 0 Å². The Balaban J connectivity index is 1.29. The lowest BCUT2D eigenvalue weighted by molar-refractivity contribution is -0.135. The quantitative estimate of drug-likeness (QED) is 0.717. The van der Waals surface area contributed by atoms with E-state index in [1.165, 1.54) is 12.0 Å². The molecule has 154 valence electrons. The first kappa shape index (κ1) is 19.7. The van der Waals surface area contributed by atoms with Crippen molar-refractivity contribution in [3.8, 4) is 0 Å². The Kier molecular flexibility index (Phi) is 6.30. The van der Waals surface area contributed by atoms with Crippen LogP contribution in [0.2, 0.25) is 0 Å². The predicted octanol–water partition coefficient (Wildman–Crippen LogP) is 3.04. The Morgan fingerprint density at radius 1 is 1.24 bits per heavy atom. The smallest absolute Gasteiger partial charge is 0.323 e. The molecule has 2 aliphatic heterocycles. The van der Waals surface area contributed by atoms with Crippen LogP contribution in [0.25, 0.3) is 0 Å². The first-order valence-electron chi connectivity index (χ1n) is 10.7. The Hall–Kier alpha value is -2.60. The maximum Gasteiger partial charge on any atom is 0.323 e. The highest BCUT2D eigenvalue weighted by Gasteiger charge is 2.28. The van der Waals surface area contributed by atoms with E-state index in [2.05, 4.69) is 22.3 Å². The number of likely N-dealkylation sites (tertiary alicyclic amines) is 1. The van der Waals surface area contributed by atoms with Crippen molar-refractivity contribution in [3.05, 3.63) is 53.7 Å². The van der Waals surface area contributed by atoms with Crippen LogP contribution < -0.4 is 10.2 Å². The van der Waals surface area contributed by atoms with Crippen molar-refractivity contribution in [2.75, 3.05) is 42.9 Å². The van der Waals surface area contributed by atoms with Crippen LogP contribution in [0.15, 0.2) is 42.5 Å². The summed E-state index contributed by atoms with van der Waals surface area (Å²) in [6, 6.07) is 14.5. The van der Waals surface area contributed by atoms with E-state index in [1.807, 2.05) is 35.2 Å². The van der Waals surface area contributed by atoms with Crippen molar-refractivity contribution in [1.29, 1.82) is 0 Å². The number of aromatic nitrogens is 1. The van der Waals surface area contributed by atoms with Gasteiger partial charge in [0.05, 0.1) is 0 Å². The highest BCUT2D eigenvalue weighted by Crippen LogP contribution is 2.24. The number of hydrogen-bond donors (Lipinski definition) is 2. The van der Waals surface area contributed by atoms with Gasteiger partial charge >= 0.3 is 5.97 Å². The average Bonchev–Trinajstić information content (AvgIpc) is 3.21. The van der Waals surface area contributed by atoms with Gasteiger partial charge in [0.2, 0.25) is 0 Å². The number of carbonyl (C=O) groups is 1. The van der Waals surface area contributed by atoms with E-state index in [4.69, 9.17) is 4.98 Å². The zero-order valence-corrected chi connectivity index (χ0v) is 16.9. The number of rotatable bonds is 8. The minimum Gasteiger partial charge on any atom is -0.480 e. The Morgan fingerprint density at radius 2 is 2.10 bits per heavy atom. The van der Waals surface area contributed by atoms with Gasteiger partial charge in [-0.2, -0.15) is 0 Å². The van der Waals surface area contributed by atoms with E-state index in [9.17, 15) is 9.90 Å². The van der Waals surface area contributed by atoms with Crippen LogP contribution in [-0.2, 0) is 17.6 Å². The fourth-order valence-electron chi connectivity index (χ4n) is 4.46. The molecule has 1 unspecified atom stereocenters. The first-order valence-corrected chi connectivity index (χ1v) is 10.7. The van der Waals surface area contributed by atoms with Crippen molar-refractivity contribution in [1.82, 2.24) is 9.88 Å². The lowest BCUT2D eigenvalue weighted by atomic mass is 10.1. The minimum atomic E-state index is -0.778. The molecule has 0 radical (unpaired) electrons. The number of anilines is 2. The molecule has 1 aromatic carbocycles. The summed E-state index contributed by atoms with van der Waals surface area (Å²) in [5.41, 5.74) is 3.49. The standard InChI is InChI=1S/C23H30N4O2/c28-22(29)17-27(20-8-2-1-3-9-20)21-12-15-26(16-21)14-5-7-19-11-10-18-6-4-13-24-23(18)25-19/h1-3,8-11,21H,4-7,12-17H2,(H,24,25)(H,28,29). The molecule has 0 aliphatic carbocycles. The lowest BCUT2D eigenvalue weighted by Crippen LogP contribution is -2.41. The van der Waals surface area contributed by atoms with Gasteiger partial charge in [0.25, 0.3) is 0 Å². The van der Waals surface area contributed by atoms with Gasteiger partial charge in [-0.05, 0) is 62.4 Å². The molecule has 0 bridgehead atoms. The molecule has 2 aliphatic rings. The molecule has 3 heterocycles. The van der Waals surface area contributed by atoms with Gasteiger partial charge in [-0.15, -0.1) is 0 Å². The van der Waals surface area contributed by atoms with Crippen LogP contribution in [0.5, 0.6) is 0 Å². The van der Waals surface area contributed by atoms with Gasteiger partial charge in [-0.1, -0.05) is 24.3 Å². The maximum atomic E-state index is 11.4. The number of fused-ring (bicyclic) bond motifs is 1. The second-order valence-electron chi connectivity index (χ2n) is 8.04. The third-order valence-electron chi connectivity index (χ3n) is 5.94. The molecule has 2 N–H and O–H groups in total. The molecule has 6 nitrogen and oxygen atoms in total. The molecular formula is C23H30N4O2. The van der Waals surface area contributed by atoms with E-state index < -0.39 is 5.97 Å². The van der Waals surface area contributed by atoms with E-state index in [0.717, 1.165) is 69.1 Å². The van der Waals surface area contributed by atoms with Crippen LogP contribution in [0.4, 0.5) is 11.5 Å². The molecule has 6 heteroatoms. The number of para-hydroxylation sites is 1. The minimum absolute atomic E-state index is 0.0502. The van der Waals surface area contributed by atoms with Crippen molar-refractivity contribution >= 4 is 17.5 Å². The summed E-state index contributed by atoms with van der Waals surface area (Å²) in [5.74, 6) is 0.293. The summed E-state index contributed by atoms with van der Waals surface area (Å²) >= 11 is 0. The maximum absolute atomic E-state index is 11.4. The largest absolute Gasteiger partial charge is 0.480 e. The highest BCUT2D eigenvalue weighted by molar-refractivity contribution is 5.74. The second kappa shape index (κ2) is 9.27. The summed E-state index contributed by atoms with van der Waals surface area (Å²) in [6.45, 7) is 4.04. The molecule has 2 aromatic rings. The van der Waals surface area contributed by atoms with Crippen LogP contribution in [-0.4, -0.2) is 59.7 Å². The zero-order valence-electron chi connectivity index (χ0n) is 16.9. The fourth-order valence-corrected chi connectivity index (χ4v) is 4.46. The predicted molar refractivity (Wildman–Crippen MR) is 116 cm³/mol. The van der Waals surface area contributed by atoms with Crippen molar-refractivity contribution in [3.63, 3.8) is 0 Å². The summed E-state index contributed by atoms with van der Waals surface area (Å²) < 4.78 is 0. The molecular weight excluding hydrogens is 364 g/mol. The summed E-state index contributed by atoms with van der Waals surface area (Å²) in [6.07, 6.45) is 5.37. The summed E-state index contributed by atoms with van der Waals surface area (Å²) in [7, 11) is 0. The second-order valence-corrected chi connectivity index (χ2v) is 8.04. The molecule has 1 atom stereocenters. The van der Waals surface area contributed by atoms with Crippen LogP contribution in [0.3, 0.4) is 0 Å². The number of carboxylic acid groups (broad SMARTS) is 1. The number of nitrogens with one attached hydrogen (secondary N) is 1. The number of hydrogen-bond acceptors (Lipinski definition) is 5. The molecule has 1 saturated heterocycles. The Bertz CT molecular complexity index is 827. The van der Waals surface area contributed by atoms with Crippen LogP contribution in [0.1, 0.15) is 30.5 Å². The number of aryl methyl sites for hydroxylation is 2. The molecule has 4 rings (SSSR count). The van der Waals surface area contributed by atoms with Gasteiger partial charge in [0.1, 0.15) is 12.4 Å². The number of carboxylic acids is 1. The summed E-state index contributed by atoms with van der Waals surface area (Å²) in [5, 5.41) is 12.8. The zero-order chi connectivity index (χ0) is 20.1. The SMILES string of the molecule is O=C(O)CN(c1ccccc1)C1CCN(CCCc2ccc3c(n2)NCCC3)C1. The topological polar surface area (TPSA) is 68.7 Å². The fraction of sp³-hybridized carbons (Fsp3) is 0.478. The van der Waals surface area contributed by atoms with Crippen LogP contribution in [0, 0.1) is 0 Å². The van der Waals surface area contributed by atoms with Gasteiger partial charge in [0, 0.05) is 37.1 Å². The van der Waals surface area contributed by atoms with Crippen LogP contribution >= 0.6 is 0 Å². The normalized spacial score (nSPS) is 18.8. The number of nitrogens with zero attached hydrogens (tertiary/aromatic N) is 3. The molecule has 1 aromatic heterocycles. The molecule has 29 heavy (non-hydrogen) atoms. The van der Waals surface area contributed by atoms with E-state index in [0.29, 0.717) is 0 Å². The molecule has 1 fully saturated rings. The van der Waals surface area contributed by atoms with E-state index in [-0.39, 0.29) is 12.6 Å². The first-order chi connectivity index (χ1) is 14.2. The van der Waals surface area contributed by atoms with Crippen molar-refractivity contribution in [2.45, 2.75) is 38.1 Å². The average molecular weight is 395 g/mol. The third-order valence-corrected chi connectivity index (χ3v) is 5.94. The third kappa shape index (κ3) is 5.07. The number of pyridine rings is 1. The Morgan fingerprint density at radius 3 is 2.93 bits per heavy atom. The summed E-state index contributed by atoms with van der Waals surface area (Å²) in [4.78, 5) is 20.7. The number of aliphatic carboxylic acids is 1. The van der Waals surface area contributed by atoms with Crippen molar-refractivity contribution in [2.24, 2.45) is 0 Å². The monoisotopic (exact) mass is 394 g/mol. The molecule has 0 spiro atoms. The number of benzene rings is 1. The van der Waals surface area contributed by atoms with Crippen molar-refractivity contribution < 1.29 is 9.90 Å². The Labute approximate surface area is 172 Å². The highest BCUT2D eigenvalue weighted by atomic mass is 16.4. The van der Waals surface area contributed by atoms with E-state index >= 15 is 0 Å². The van der Waals surface area contributed by atoms with Gasteiger partial charge in [-0.3, -0.25) is 4.79 Å². The van der Waals surface area contributed by atoms with Gasteiger partial charge in [-0.25, -0.2) is 4.98 Å². The van der Waals surface area contributed by atoms with E-state index in [1.54, 1.807) is 0 Å². The molecule has 0 saturated carbocycles. The molecule has 0 amide bonds. The lowest BCUT2D eigenvalue weighted by Gasteiger charge is -2.29. The van der Waals surface area contributed by atoms with Gasteiger partial charge < -0.3 is 20.2 Å².